The molecule has 6 rings (SSSR count). The normalized spacial score (nSPS) is 19.3. The summed E-state index contributed by atoms with van der Waals surface area (Å²) in [6, 6.07) is 12.6. The molecule has 202 valence electrons. The van der Waals surface area contributed by atoms with Gasteiger partial charge in [0.05, 0.1) is 34.5 Å². The Morgan fingerprint density at radius 1 is 0.744 bits per heavy atom. The van der Waals surface area contributed by atoms with Gasteiger partial charge in [0, 0.05) is 53.7 Å². The second-order valence-electron chi connectivity index (χ2n) is 10.3. The van der Waals surface area contributed by atoms with E-state index in [0.29, 0.717) is 0 Å². The number of dihydropyridines is 1. The second kappa shape index (κ2) is 10.6. The van der Waals surface area contributed by atoms with Crippen molar-refractivity contribution in [3.8, 4) is 0 Å². The van der Waals surface area contributed by atoms with Gasteiger partial charge in [0.1, 0.15) is 6.17 Å². The minimum absolute atomic E-state index is 0.0353. The number of hydrogen-bond acceptors (Lipinski definition) is 10. The number of nitrogens with zero attached hydrogens (tertiary/aromatic N) is 8. The summed E-state index contributed by atoms with van der Waals surface area (Å²) in [6.45, 7) is 3.32. The first-order valence-corrected chi connectivity index (χ1v) is 13.5. The second-order valence-corrected chi connectivity index (χ2v) is 10.3. The Labute approximate surface area is 230 Å². The van der Waals surface area contributed by atoms with E-state index < -0.39 is 0 Å². The molecule has 2 unspecified atom stereocenters. The number of fused-ring (bicyclic) bond motifs is 4. The van der Waals surface area contributed by atoms with E-state index in [1.165, 1.54) is 0 Å². The summed E-state index contributed by atoms with van der Waals surface area (Å²) in [4.78, 5) is 27.8. The van der Waals surface area contributed by atoms with E-state index in [9.17, 15) is 0 Å². The maximum absolute atomic E-state index is 5.04. The van der Waals surface area contributed by atoms with Gasteiger partial charge in [-0.3, -0.25) is 4.99 Å². The smallest absolute Gasteiger partial charge is 0.158 e. The molecule has 0 spiro atoms. The minimum atomic E-state index is 0.0353. The molecule has 0 bridgehead atoms. The number of aromatic nitrogens is 3. The molecule has 2 N–H and O–H groups in total. The molecule has 39 heavy (non-hydrogen) atoms. The summed E-state index contributed by atoms with van der Waals surface area (Å²) < 4.78 is 0. The van der Waals surface area contributed by atoms with Gasteiger partial charge in [-0.1, -0.05) is 6.08 Å². The van der Waals surface area contributed by atoms with Gasteiger partial charge in [-0.05, 0) is 62.0 Å². The first kappa shape index (κ1) is 25.3. The highest BCUT2D eigenvalue weighted by atomic mass is 15.4. The molecule has 6 heterocycles. The molecule has 3 aliphatic heterocycles. The molecule has 0 aromatic carbocycles. The van der Waals surface area contributed by atoms with E-state index in [4.69, 9.17) is 9.98 Å². The van der Waals surface area contributed by atoms with Crippen LogP contribution in [0.2, 0.25) is 0 Å². The van der Waals surface area contributed by atoms with Crippen LogP contribution in [-0.4, -0.2) is 80.7 Å². The lowest BCUT2D eigenvalue weighted by molar-refractivity contribution is 0.536. The summed E-state index contributed by atoms with van der Waals surface area (Å²) >= 11 is 0. The fraction of sp³-hybridized carbons (Fsp3) is 0.379. The third-order valence-corrected chi connectivity index (χ3v) is 7.77. The van der Waals surface area contributed by atoms with E-state index >= 15 is 0 Å². The molecule has 3 aliphatic rings. The van der Waals surface area contributed by atoms with Crippen LogP contribution in [0, 0.1) is 0 Å². The van der Waals surface area contributed by atoms with Crippen molar-refractivity contribution in [2.75, 3.05) is 67.4 Å². The van der Waals surface area contributed by atoms with Crippen LogP contribution in [0.25, 0.3) is 0 Å². The highest BCUT2D eigenvalue weighted by Gasteiger charge is 2.36. The Morgan fingerprint density at radius 2 is 1.46 bits per heavy atom. The third kappa shape index (κ3) is 4.70. The highest BCUT2D eigenvalue weighted by molar-refractivity contribution is 5.98. The zero-order valence-electron chi connectivity index (χ0n) is 23.0. The van der Waals surface area contributed by atoms with Crippen molar-refractivity contribution < 1.29 is 0 Å². The molecule has 3 aromatic rings. The minimum Gasteiger partial charge on any atom is -0.361 e. The maximum atomic E-state index is 5.04. The predicted octanol–water partition coefficient (Wildman–Crippen LogP) is 3.08. The van der Waals surface area contributed by atoms with Gasteiger partial charge in [0.25, 0.3) is 0 Å². The highest BCUT2D eigenvalue weighted by Crippen LogP contribution is 2.43. The van der Waals surface area contributed by atoms with Crippen LogP contribution in [0.3, 0.4) is 0 Å². The lowest BCUT2D eigenvalue weighted by Crippen LogP contribution is -2.54. The fourth-order valence-electron chi connectivity index (χ4n) is 5.57. The van der Waals surface area contributed by atoms with E-state index in [1.807, 2.05) is 31.6 Å². The van der Waals surface area contributed by atoms with E-state index in [-0.39, 0.29) is 12.2 Å². The summed E-state index contributed by atoms with van der Waals surface area (Å²) in [5.41, 5.74) is 5.41. The van der Waals surface area contributed by atoms with Crippen molar-refractivity contribution in [1.82, 2.24) is 25.6 Å². The molecular formula is C29H36N10. The van der Waals surface area contributed by atoms with Crippen molar-refractivity contribution in [1.29, 1.82) is 0 Å². The van der Waals surface area contributed by atoms with Crippen LogP contribution in [-0.2, 0) is 6.54 Å². The third-order valence-electron chi connectivity index (χ3n) is 7.77. The van der Waals surface area contributed by atoms with E-state index in [1.54, 1.807) is 0 Å². The Hall–Kier alpha value is -4.02. The van der Waals surface area contributed by atoms with Crippen LogP contribution < -0.4 is 30.2 Å². The monoisotopic (exact) mass is 524 g/mol. The van der Waals surface area contributed by atoms with Crippen molar-refractivity contribution >= 4 is 40.2 Å². The molecule has 0 saturated heterocycles. The maximum Gasteiger partial charge on any atom is 0.158 e. The lowest BCUT2D eigenvalue weighted by Gasteiger charge is -2.45. The molecule has 0 saturated carbocycles. The van der Waals surface area contributed by atoms with Crippen molar-refractivity contribution in [2.24, 2.45) is 4.99 Å². The molecule has 3 aromatic heterocycles. The first-order valence-electron chi connectivity index (χ1n) is 13.5. The fourth-order valence-corrected chi connectivity index (χ4v) is 5.57. The Kier molecular flexibility index (Phi) is 6.88. The summed E-state index contributed by atoms with van der Waals surface area (Å²) in [7, 11) is 8.29. The van der Waals surface area contributed by atoms with Gasteiger partial charge < -0.3 is 30.2 Å². The number of aliphatic imine (C=N–C) groups is 1. The standard InChI is InChI=1S/C29H36N10/c1-36-22-8-5-16-32-26(22)38(3)28-24(36)12-10-20(34-28)18-30-14-7-15-31-19-21-11-13-25-29(35-21)39(4)27-23(37(25)2)9-6-17-33-27/h5-6,8-13,16-17,24,28,30-31H,7,14-15,18-19H2,1-4H3. The number of nitrogens with one attached hydrogen (secondary N) is 2. The van der Waals surface area contributed by atoms with Gasteiger partial charge in [0.15, 0.2) is 17.5 Å². The van der Waals surface area contributed by atoms with Gasteiger partial charge in [-0.15, -0.1) is 0 Å². The van der Waals surface area contributed by atoms with Crippen molar-refractivity contribution in [3.05, 3.63) is 66.6 Å². The summed E-state index contributed by atoms with van der Waals surface area (Å²) in [5.74, 6) is 2.84. The zero-order chi connectivity index (χ0) is 26.9. The van der Waals surface area contributed by atoms with E-state index in [2.05, 4.69) is 97.8 Å². The molecule has 10 heteroatoms. The summed E-state index contributed by atoms with van der Waals surface area (Å²) in [5, 5.41) is 7.09. The molecule has 0 amide bonds. The van der Waals surface area contributed by atoms with Crippen LogP contribution in [0.15, 0.2) is 65.9 Å². The molecule has 0 aliphatic carbocycles. The van der Waals surface area contributed by atoms with Crippen LogP contribution in [0.5, 0.6) is 0 Å². The van der Waals surface area contributed by atoms with E-state index in [0.717, 1.165) is 78.5 Å². The summed E-state index contributed by atoms with van der Waals surface area (Å²) in [6.07, 6.45) is 9.14. The number of pyridine rings is 3. The molecule has 0 fully saturated rings. The number of rotatable bonds is 8. The van der Waals surface area contributed by atoms with Gasteiger partial charge in [0.2, 0.25) is 0 Å². The van der Waals surface area contributed by atoms with Crippen molar-refractivity contribution in [2.45, 2.75) is 25.2 Å². The zero-order valence-corrected chi connectivity index (χ0v) is 23.0. The number of likely N-dealkylation sites (N-methyl/N-ethyl adjacent to an activating group) is 2. The Balaban J connectivity index is 0.963. The lowest BCUT2D eigenvalue weighted by atomic mass is 10.0. The Morgan fingerprint density at radius 3 is 2.28 bits per heavy atom. The SMILES string of the molecule is CN1c2cccnc2N(C)c2nc(CNCCCNCC3=NC4C(C=C3)N(C)c3cccnc3N4C)ccc21. The van der Waals surface area contributed by atoms with Crippen LogP contribution in [0.1, 0.15) is 12.1 Å². The van der Waals surface area contributed by atoms with Gasteiger partial charge in [-0.25, -0.2) is 15.0 Å². The molecule has 0 radical (unpaired) electrons. The van der Waals surface area contributed by atoms with Crippen LogP contribution in [0.4, 0.5) is 34.5 Å². The van der Waals surface area contributed by atoms with Gasteiger partial charge >= 0.3 is 0 Å². The quantitative estimate of drug-likeness (QED) is 0.432. The molecule has 2 atom stereocenters. The molecule has 10 nitrogen and oxygen atoms in total. The van der Waals surface area contributed by atoms with Gasteiger partial charge in [-0.2, -0.15) is 0 Å². The first-order chi connectivity index (χ1) is 19.0. The topological polar surface area (TPSA) is 88.0 Å². The predicted molar refractivity (Wildman–Crippen MR) is 159 cm³/mol. The average Bonchev–Trinajstić information content (AvgIpc) is 2.98. The largest absolute Gasteiger partial charge is 0.361 e. The Bertz CT molecular complexity index is 1400. The number of anilines is 6. The average molecular weight is 525 g/mol. The molecular weight excluding hydrogens is 488 g/mol. The van der Waals surface area contributed by atoms with Crippen molar-refractivity contribution in [3.63, 3.8) is 0 Å². The van der Waals surface area contributed by atoms with Crippen LogP contribution >= 0.6 is 0 Å². The number of hydrogen-bond donors (Lipinski definition) is 2.